The molecule has 4 aromatic heterocycles. The SMILES string of the molecule is C=CC(=O)N1CCn2nc(-c3nc(-c4ccnc(N(C)C)c4)c4ccsc4c3-c3c(F)cc(F)cc3OCCOC)cc2[C@@H]1C. The lowest BCUT2D eigenvalue weighted by Crippen LogP contribution is -2.40. The van der Waals surface area contributed by atoms with Gasteiger partial charge in [0.1, 0.15) is 41.2 Å². The minimum Gasteiger partial charge on any atom is -0.490 e. The summed E-state index contributed by atoms with van der Waals surface area (Å²) in [7, 11) is 5.35. The lowest BCUT2D eigenvalue weighted by Gasteiger charge is -2.33. The number of hydrogen-bond acceptors (Lipinski definition) is 8. The van der Waals surface area contributed by atoms with Crippen LogP contribution in [0.5, 0.6) is 5.75 Å². The van der Waals surface area contributed by atoms with Crippen molar-refractivity contribution in [2.24, 2.45) is 0 Å². The molecule has 6 rings (SSSR count). The second kappa shape index (κ2) is 12.4. The van der Waals surface area contributed by atoms with E-state index in [1.165, 1.54) is 30.6 Å². The number of amides is 1. The van der Waals surface area contributed by atoms with Gasteiger partial charge in [-0.05, 0) is 42.6 Å². The van der Waals surface area contributed by atoms with Crippen molar-refractivity contribution in [3.63, 3.8) is 0 Å². The van der Waals surface area contributed by atoms with E-state index in [0.29, 0.717) is 35.7 Å². The Hall–Kier alpha value is -4.68. The maximum atomic E-state index is 16.0. The Morgan fingerprint density at radius 1 is 1.13 bits per heavy atom. The van der Waals surface area contributed by atoms with Gasteiger partial charge in [0.25, 0.3) is 0 Å². The topological polar surface area (TPSA) is 85.6 Å². The highest BCUT2D eigenvalue weighted by atomic mass is 32.1. The lowest BCUT2D eigenvalue weighted by molar-refractivity contribution is -0.129. The van der Waals surface area contributed by atoms with Gasteiger partial charge in [0.2, 0.25) is 5.91 Å². The zero-order chi connectivity index (χ0) is 31.8. The largest absolute Gasteiger partial charge is 0.490 e. The van der Waals surface area contributed by atoms with Crippen LogP contribution in [0.4, 0.5) is 14.6 Å². The van der Waals surface area contributed by atoms with Crippen molar-refractivity contribution in [3.05, 3.63) is 78.0 Å². The molecule has 1 aliphatic rings. The highest BCUT2D eigenvalue weighted by molar-refractivity contribution is 7.18. The molecule has 0 bridgehead atoms. The smallest absolute Gasteiger partial charge is 0.246 e. The van der Waals surface area contributed by atoms with Crippen LogP contribution in [0, 0.1) is 11.6 Å². The molecule has 0 fully saturated rings. The average Bonchev–Trinajstić information content (AvgIpc) is 3.69. The van der Waals surface area contributed by atoms with Gasteiger partial charge in [0.05, 0.1) is 36.1 Å². The molecular formula is C33H32F2N6O3S. The summed E-state index contributed by atoms with van der Waals surface area (Å²) in [5, 5.41) is 7.63. The number of methoxy groups -OCH3 is 1. The monoisotopic (exact) mass is 630 g/mol. The molecule has 5 heterocycles. The van der Waals surface area contributed by atoms with Crippen LogP contribution in [0.25, 0.3) is 43.9 Å². The summed E-state index contributed by atoms with van der Waals surface area (Å²) in [4.78, 5) is 25.8. The second-order valence-electron chi connectivity index (χ2n) is 10.8. The molecule has 232 valence electrons. The molecule has 0 saturated carbocycles. The average molecular weight is 631 g/mol. The zero-order valence-electron chi connectivity index (χ0n) is 25.4. The highest BCUT2D eigenvalue weighted by Gasteiger charge is 2.31. The van der Waals surface area contributed by atoms with Gasteiger partial charge < -0.3 is 19.3 Å². The minimum atomic E-state index is -0.785. The van der Waals surface area contributed by atoms with E-state index in [9.17, 15) is 9.18 Å². The van der Waals surface area contributed by atoms with Crippen molar-refractivity contribution in [1.82, 2.24) is 24.6 Å². The molecule has 0 spiro atoms. The molecule has 1 aromatic carbocycles. The van der Waals surface area contributed by atoms with Gasteiger partial charge in [-0.25, -0.2) is 18.7 Å². The van der Waals surface area contributed by atoms with E-state index in [4.69, 9.17) is 19.6 Å². The number of carbonyl (C=O) groups excluding carboxylic acids is 1. The van der Waals surface area contributed by atoms with Gasteiger partial charge in [-0.3, -0.25) is 9.48 Å². The number of hydrogen-bond donors (Lipinski definition) is 0. The first-order valence-corrected chi connectivity index (χ1v) is 15.3. The number of nitrogens with zero attached hydrogens (tertiary/aromatic N) is 6. The summed E-state index contributed by atoms with van der Waals surface area (Å²) in [6.07, 6.45) is 3.03. The molecule has 45 heavy (non-hydrogen) atoms. The van der Waals surface area contributed by atoms with Gasteiger partial charge in [-0.2, -0.15) is 5.10 Å². The molecule has 0 unspecified atom stereocenters. The summed E-state index contributed by atoms with van der Waals surface area (Å²) in [5.41, 5.74) is 3.72. The predicted octanol–water partition coefficient (Wildman–Crippen LogP) is 6.35. The Labute approximate surface area is 263 Å². The summed E-state index contributed by atoms with van der Waals surface area (Å²) >= 11 is 1.42. The van der Waals surface area contributed by atoms with Crippen LogP contribution in [0.2, 0.25) is 0 Å². The molecule has 5 aromatic rings. The van der Waals surface area contributed by atoms with Gasteiger partial charge in [-0.15, -0.1) is 11.3 Å². The molecule has 1 aliphatic heterocycles. The number of thiophene rings is 1. The van der Waals surface area contributed by atoms with E-state index in [-0.39, 0.29) is 36.5 Å². The Morgan fingerprint density at radius 3 is 2.71 bits per heavy atom. The lowest BCUT2D eigenvalue weighted by atomic mass is 9.96. The van der Waals surface area contributed by atoms with Crippen LogP contribution in [0.3, 0.4) is 0 Å². The zero-order valence-corrected chi connectivity index (χ0v) is 26.2. The Morgan fingerprint density at radius 2 is 1.96 bits per heavy atom. The van der Waals surface area contributed by atoms with Crippen LogP contribution >= 0.6 is 11.3 Å². The molecule has 12 heteroatoms. The van der Waals surface area contributed by atoms with Crippen molar-refractivity contribution in [3.8, 4) is 39.5 Å². The Balaban J connectivity index is 1.64. The number of carbonyl (C=O) groups is 1. The van der Waals surface area contributed by atoms with Gasteiger partial charge in [-0.1, -0.05) is 6.58 Å². The molecule has 0 radical (unpaired) electrons. The molecule has 1 amide bonds. The van der Waals surface area contributed by atoms with E-state index < -0.39 is 11.6 Å². The van der Waals surface area contributed by atoms with Crippen LogP contribution in [-0.2, 0) is 16.1 Å². The summed E-state index contributed by atoms with van der Waals surface area (Å²) < 4.78 is 44.2. The van der Waals surface area contributed by atoms with E-state index in [1.807, 2.05) is 60.2 Å². The third-order valence-corrected chi connectivity index (χ3v) is 8.79. The minimum absolute atomic E-state index is 0.0361. The summed E-state index contributed by atoms with van der Waals surface area (Å²) in [6, 6.07) is 9.39. The number of ether oxygens (including phenoxy) is 2. The number of fused-ring (bicyclic) bond motifs is 2. The first-order chi connectivity index (χ1) is 21.7. The first kappa shape index (κ1) is 30.4. The molecule has 0 N–H and O–H groups in total. The van der Waals surface area contributed by atoms with E-state index in [0.717, 1.165) is 33.2 Å². The molecule has 1 atom stereocenters. The number of pyridine rings is 2. The third-order valence-electron chi connectivity index (χ3n) is 7.86. The van der Waals surface area contributed by atoms with Crippen molar-refractivity contribution >= 4 is 33.1 Å². The summed E-state index contributed by atoms with van der Waals surface area (Å²) in [6.45, 7) is 6.83. The van der Waals surface area contributed by atoms with E-state index in [1.54, 1.807) is 11.1 Å². The standard InChI is InChI=1S/C33H32F2N6O3S/c1-6-28(42)40-10-11-41-25(19(40)2)18-24(38-41)32-30(29-23(35)16-21(34)17-26(29)44-13-12-43-5)33-22(8-14-45-33)31(37-32)20-7-9-36-27(15-20)39(3)4/h6-9,14-19H,1,10-13H2,2-5H3/t19-/m0/s1. The number of halogens is 2. The van der Waals surface area contributed by atoms with Crippen molar-refractivity contribution in [1.29, 1.82) is 0 Å². The number of aromatic nitrogens is 4. The van der Waals surface area contributed by atoms with Crippen molar-refractivity contribution in [2.45, 2.75) is 19.5 Å². The fourth-order valence-corrected chi connectivity index (χ4v) is 6.60. The van der Waals surface area contributed by atoms with E-state index >= 15 is 4.39 Å². The highest BCUT2D eigenvalue weighted by Crippen LogP contribution is 2.47. The number of benzene rings is 1. The van der Waals surface area contributed by atoms with Gasteiger partial charge >= 0.3 is 0 Å². The molecule has 0 saturated heterocycles. The quantitative estimate of drug-likeness (QED) is 0.139. The fraction of sp³-hybridized carbons (Fsp3) is 0.273. The number of anilines is 1. The maximum Gasteiger partial charge on any atom is 0.246 e. The number of rotatable bonds is 9. The predicted molar refractivity (Wildman–Crippen MR) is 171 cm³/mol. The summed E-state index contributed by atoms with van der Waals surface area (Å²) in [5.74, 6) is -0.928. The Kier molecular flexibility index (Phi) is 8.34. The maximum absolute atomic E-state index is 16.0. The van der Waals surface area contributed by atoms with Gasteiger partial charge in [0, 0.05) is 67.3 Å². The first-order valence-electron chi connectivity index (χ1n) is 14.4. The van der Waals surface area contributed by atoms with Crippen LogP contribution in [-0.4, -0.2) is 71.5 Å². The third kappa shape index (κ3) is 5.55. The normalized spacial score (nSPS) is 14.4. The second-order valence-corrected chi connectivity index (χ2v) is 11.8. The Bertz CT molecular complexity index is 1920. The molecule has 0 aliphatic carbocycles. The van der Waals surface area contributed by atoms with Crippen LogP contribution < -0.4 is 9.64 Å². The van der Waals surface area contributed by atoms with Crippen LogP contribution in [0.1, 0.15) is 18.7 Å². The van der Waals surface area contributed by atoms with Crippen molar-refractivity contribution < 1.29 is 23.0 Å². The van der Waals surface area contributed by atoms with Gasteiger partial charge in [0.15, 0.2) is 0 Å². The van der Waals surface area contributed by atoms with Crippen molar-refractivity contribution in [2.75, 3.05) is 45.9 Å². The fourth-order valence-electron chi connectivity index (χ4n) is 5.65. The van der Waals surface area contributed by atoms with Crippen LogP contribution in [0.15, 0.2) is 60.6 Å². The molecule has 9 nitrogen and oxygen atoms in total. The van der Waals surface area contributed by atoms with E-state index in [2.05, 4.69) is 11.6 Å². The molecular weight excluding hydrogens is 598 g/mol.